The SMILES string of the molecule is Cc1cccc(C)c1[PH](c1ccccc1)(c1c(C)cccc1C)C(C)C. The van der Waals surface area contributed by atoms with Crippen LogP contribution in [0.4, 0.5) is 0 Å². The first-order valence-electron chi connectivity index (χ1n) is 9.59. The summed E-state index contributed by atoms with van der Waals surface area (Å²) in [6, 6.07) is 24.9. The van der Waals surface area contributed by atoms with E-state index in [1.165, 1.54) is 27.6 Å². The minimum atomic E-state index is -2.18. The molecule has 0 unspecified atom stereocenters. The van der Waals surface area contributed by atoms with Crippen LogP contribution in [0.25, 0.3) is 0 Å². The summed E-state index contributed by atoms with van der Waals surface area (Å²) in [7, 11) is -2.18. The zero-order valence-corrected chi connectivity index (χ0v) is 17.9. The third-order valence-electron chi connectivity index (χ3n) is 5.85. The summed E-state index contributed by atoms with van der Waals surface area (Å²) >= 11 is 0. The van der Waals surface area contributed by atoms with E-state index in [9.17, 15) is 0 Å². The van der Waals surface area contributed by atoms with E-state index in [0.717, 1.165) is 0 Å². The molecule has 26 heavy (non-hydrogen) atoms. The van der Waals surface area contributed by atoms with E-state index >= 15 is 0 Å². The van der Waals surface area contributed by atoms with E-state index in [4.69, 9.17) is 0 Å². The standard InChI is InChI=1S/C25H31P/c1-18(2)26(23-16-8-7-9-17-23,24-19(3)12-10-13-20(24)4)25-21(5)14-11-15-22(25)6/h7-18,26H,1-6H3. The van der Waals surface area contributed by atoms with Gasteiger partial charge in [-0.1, -0.05) is 0 Å². The summed E-state index contributed by atoms with van der Waals surface area (Å²) in [6.45, 7) is 14.0. The fourth-order valence-corrected chi connectivity index (χ4v) is 11.1. The third kappa shape index (κ3) is 2.91. The quantitative estimate of drug-likeness (QED) is 0.549. The molecule has 0 N–H and O–H groups in total. The number of benzene rings is 3. The molecule has 0 aliphatic carbocycles. The first kappa shape index (κ1) is 18.9. The predicted octanol–water partition coefficient (Wildman–Crippen LogP) is 5.35. The second-order valence-corrected chi connectivity index (χ2v) is 12.2. The van der Waals surface area contributed by atoms with Crippen LogP contribution < -0.4 is 15.9 Å². The minimum absolute atomic E-state index is 0.560. The van der Waals surface area contributed by atoms with E-state index in [0.29, 0.717) is 5.66 Å². The molecule has 0 amide bonds. The number of aryl methyl sites for hydroxylation is 4. The van der Waals surface area contributed by atoms with Gasteiger partial charge in [0.05, 0.1) is 0 Å². The zero-order chi connectivity index (χ0) is 18.9. The number of hydrogen-bond donors (Lipinski definition) is 0. The molecule has 0 bridgehead atoms. The molecule has 0 spiro atoms. The second-order valence-electron chi connectivity index (χ2n) is 7.86. The van der Waals surface area contributed by atoms with Crippen LogP contribution in [0, 0.1) is 27.7 Å². The molecule has 3 rings (SSSR count). The Hall–Kier alpha value is -1.91. The van der Waals surface area contributed by atoms with E-state index in [1.54, 1.807) is 10.6 Å². The third-order valence-corrected chi connectivity index (χ3v) is 12.0. The average molecular weight is 362 g/mol. The van der Waals surface area contributed by atoms with Crippen molar-refractivity contribution in [3.8, 4) is 0 Å². The molecule has 0 aliphatic heterocycles. The molecule has 0 atom stereocenters. The number of hydrogen-bond acceptors (Lipinski definition) is 0. The van der Waals surface area contributed by atoms with Crippen molar-refractivity contribution in [2.24, 2.45) is 0 Å². The van der Waals surface area contributed by atoms with Crippen LogP contribution in [0.1, 0.15) is 36.1 Å². The maximum atomic E-state index is 2.43. The van der Waals surface area contributed by atoms with Crippen LogP contribution >= 0.6 is 7.26 Å². The molecule has 0 radical (unpaired) electrons. The van der Waals surface area contributed by atoms with E-state index < -0.39 is 7.26 Å². The Morgan fingerprint density at radius 3 is 1.27 bits per heavy atom. The molecule has 0 heterocycles. The van der Waals surface area contributed by atoms with Crippen LogP contribution in [0.5, 0.6) is 0 Å². The summed E-state index contributed by atoms with van der Waals surface area (Å²) in [5.41, 5.74) is 6.27. The van der Waals surface area contributed by atoms with Gasteiger partial charge < -0.3 is 0 Å². The van der Waals surface area contributed by atoms with Crippen LogP contribution in [0.3, 0.4) is 0 Å². The van der Waals surface area contributed by atoms with Crippen molar-refractivity contribution in [3.05, 3.63) is 89.0 Å². The van der Waals surface area contributed by atoms with E-state index in [1.807, 2.05) is 0 Å². The van der Waals surface area contributed by atoms with E-state index in [2.05, 4.69) is 108 Å². The molecule has 0 aromatic heterocycles. The predicted molar refractivity (Wildman–Crippen MR) is 121 cm³/mol. The Labute approximate surface area is 159 Å². The Bertz CT molecular complexity index is 815. The van der Waals surface area contributed by atoms with Crippen LogP contribution in [-0.2, 0) is 0 Å². The zero-order valence-electron chi connectivity index (χ0n) is 16.9. The summed E-state index contributed by atoms with van der Waals surface area (Å²) in [6.07, 6.45) is 0. The molecule has 3 aromatic rings. The normalized spacial score (nSPS) is 12.4. The van der Waals surface area contributed by atoms with Gasteiger partial charge in [-0.2, -0.15) is 0 Å². The van der Waals surface area contributed by atoms with Gasteiger partial charge in [-0.3, -0.25) is 0 Å². The fraction of sp³-hybridized carbons (Fsp3) is 0.280. The molecule has 0 saturated carbocycles. The molecule has 3 aromatic carbocycles. The van der Waals surface area contributed by atoms with Crippen molar-refractivity contribution in [2.75, 3.05) is 0 Å². The van der Waals surface area contributed by atoms with Gasteiger partial charge in [-0.15, -0.1) is 0 Å². The van der Waals surface area contributed by atoms with Crippen molar-refractivity contribution >= 4 is 23.2 Å². The fourth-order valence-electron chi connectivity index (χ4n) is 4.90. The second kappa shape index (κ2) is 7.37. The molecule has 136 valence electrons. The monoisotopic (exact) mass is 362 g/mol. The van der Waals surface area contributed by atoms with Crippen LogP contribution in [0.2, 0.25) is 0 Å². The Morgan fingerprint density at radius 1 is 0.538 bits per heavy atom. The average Bonchev–Trinajstić information content (AvgIpc) is 2.60. The Morgan fingerprint density at radius 2 is 0.923 bits per heavy atom. The van der Waals surface area contributed by atoms with Gasteiger partial charge in [-0.25, -0.2) is 0 Å². The van der Waals surface area contributed by atoms with Gasteiger partial charge in [-0.05, 0) is 0 Å². The van der Waals surface area contributed by atoms with Crippen LogP contribution in [-0.4, -0.2) is 5.66 Å². The summed E-state index contributed by atoms with van der Waals surface area (Å²) in [4.78, 5) is 0. The first-order chi connectivity index (χ1) is 12.4. The van der Waals surface area contributed by atoms with Gasteiger partial charge in [0.25, 0.3) is 0 Å². The van der Waals surface area contributed by atoms with Gasteiger partial charge in [0, 0.05) is 0 Å². The van der Waals surface area contributed by atoms with Gasteiger partial charge in [0.1, 0.15) is 0 Å². The van der Waals surface area contributed by atoms with Crippen molar-refractivity contribution in [1.82, 2.24) is 0 Å². The summed E-state index contributed by atoms with van der Waals surface area (Å²) in [5, 5.41) is 4.71. The van der Waals surface area contributed by atoms with Crippen molar-refractivity contribution in [1.29, 1.82) is 0 Å². The van der Waals surface area contributed by atoms with Crippen molar-refractivity contribution in [3.63, 3.8) is 0 Å². The summed E-state index contributed by atoms with van der Waals surface area (Å²) < 4.78 is 0. The topological polar surface area (TPSA) is 0 Å². The Kier molecular flexibility index (Phi) is 5.35. The van der Waals surface area contributed by atoms with Gasteiger partial charge >= 0.3 is 159 Å². The number of rotatable bonds is 4. The molecular weight excluding hydrogens is 331 g/mol. The molecule has 0 nitrogen and oxygen atoms in total. The maximum absolute atomic E-state index is 2.43. The van der Waals surface area contributed by atoms with Crippen molar-refractivity contribution in [2.45, 2.75) is 47.2 Å². The molecule has 0 saturated heterocycles. The van der Waals surface area contributed by atoms with E-state index in [-0.39, 0.29) is 0 Å². The molecule has 0 fully saturated rings. The molecular formula is C25H31P. The van der Waals surface area contributed by atoms with Gasteiger partial charge in [0.15, 0.2) is 0 Å². The van der Waals surface area contributed by atoms with Crippen LogP contribution in [0.15, 0.2) is 66.7 Å². The molecule has 0 aliphatic rings. The first-order valence-corrected chi connectivity index (χ1v) is 11.7. The Balaban J connectivity index is 2.55. The van der Waals surface area contributed by atoms with Crippen molar-refractivity contribution < 1.29 is 0 Å². The molecule has 1 heteroatoms. The van der Waals surface area contributed by atoms with Gasteiger partial charge in [0.2, 0.25) is 0 Å². The summed E-state index contributed by atoms with van der Waals surface area (Å²) in [5.74, 6) is 0.